The van der Waals surface area contributed by atoms with Gasteiger partial charge in [-0.25, -0.2) is 4.39 Å². The highest BCUT2D eigenvalue weighted by Gasteiger charge is 2.28. The SMILES string of the molecule is Cl.O=C(NCc1ccc(OC2CCCCC2)cc1)[C@H]1C[C@H](F)CN1. The molecule has 2 atom stereocenters. The van der Waals surface area contributed by atoms with Gasteiger partial charge >= 0.3 is 0 Å². The molecule has 0 aromatic heterocycles. The van der Waals surface area contributed by atoms with Crippen molar-refractivity contribution in [2.45, 2.75) is 63.4 Å². The lowest BCUT2D eigenvalue weighted by Gasteiger charge is -2.23. The molecular formula is C18H26ClFN2O2. The van der Waals surface area contributed by atoms with Gasteiger partial charge in [0.1, 0.15) is 11.9 Å². The number of nitrogens with one attached hydrogen (secondary N) is 2. The summed E-state index contributed by atoms with van der Waals surface area (Å²) in [6.45, 7) is 0.725. The molecule has 1 saturated carbocycles. The Labute approximate surface area is 148 Å². The predicted octanol–water partition coefficient (Wildman–Crippen LogP) is 3.14. The molecule has 1 aliphatic carbocycles. The Morgan fingerprint density at radius 1 is 1.21 bits per heavy atom. The van der Waals surface area contributed by atoms with Crippen LogP contribution in [0.4, 0.5) is 4.39 Å². The van der Waals surface area contributed by atoms with E-state index in [0.29, 0.717) is 12.6 Å². The second-order valence-corrected chi connectivity index (χ2v) is 6.53. The standard InChI is InChI=1S/C18H25FN2O2.ClH/c19-14-10-17(20-12-14)18(22)21-11-13-6-8-16(9-7-13)23-15-4-2-1-3-5-15;/h6-9,14-15,17,20H,1-5,10-12H2,(H,21,22);1H/t14-,17+;/m0./s1. The van der Waals surface area contributed by atoms with Crippen molar-refractivity contribution in [3.05, 3.63) is 29.8 Å². The molecule has 134 valence electrons. The summed E-state index contributed by atoms with van der Waals surface area (Å²) >= 11 is 0. The Morgan fingerprint density at radius 2 is 1.92 bits per heavy atom. The molecule has 3 rings (SSSR count). The number of hydrogen-bond donors (Lipinski definition) is 2. The largest absolute Gasteiger partial charge is 0.490 e. The number of carbonyl (C=O) groups is 1. The highest BCUT2D eigenvalue weighted by molar-refractivity contribution is 5.85. The van der Waals surface area contributed by atoms with E-state index in [-0.39, 0.29) is 31.3 Å². The fraction of sp³-hybridized carbons (Fsp3) is 0.611. The Morgan fingerprint density at radius 3 is 2.54 bits per heavy atom. The maximum Gasteiger partial charge on any atom is 0.237 e. The van der Waals surface area contributed by atoms with Crippen LogP contribution in [-0.4, -0.2) is 30.8 Å². The first-order valence-corrected chi connectivity index (χ1v) is 8.61. The predicted molar refractivity (Wildman–Crippen MR) is 94.3 cm³/mol. The monoisotopic (exact) mass is 356 g/mol. The zero-order chi connectivity index (χ0) is 16.1. The summed E-state index contributed by atoms with van der Waals surface area (Å²) in [5.41, 5.74) is 1.02. The van der Waals surface area contributed by atoms with Gasteiger partial charge in [0.05, 0.1) is 12.1 Å². The minimum atomic E-state index is -0.915. The smallest absolute Gasteiger partial charge is 0.237 e. The van der Waals surface area contributed by atoms with Crippen molar-refractivity contribution in [2.24, 2.45) is 0 Å². The number of hydrogen-bond acceptors (Lipinski definition) is 3. The van der Waals surface area contributed by atoms with Gasteiger partial charge in [-0.15, -0.1) is 12.4 Å². The number of benzene rings is 1. The van der Waals surface area contributed by atoms with Crippen LogP contribution in [-0.2, 0) is 11.3 Å². The number of carbonyl (C=O) groups excluding carboxylic acids is 1. The highest BCUT2D eigenvalue weighted by Crippen LogP contribution is 2.23. The molecule has 0 bridgehead atoms. The fourth-order valence-electron chi connectivity index (χ4n) is 3.27. The van der Waals surface area contributed by atoms with Gasteiger partial charge in [0.25, 0.3) is 0 Å². The first-order chi connectivity index (χ1) is 11.2. The van der Waals surface area contributed by atoms with Crippen LogP contribution in [0.5, 0.6) is 5.75 Å². The van der Waals surface area contributed by atoms with Crippen molar-refractivity contribution in [3.8, 4) is 5.75 Å². The van der Waals surface area contributed by atoms with E-state index in [1.165, 1.54) is 19.3 Å². The molecule has 2 fully saturated rings. The summed E-state index contributed by atoms with van der Waals surface area (Å²) in [4.78, 5) is 11.9. The van der Waals surface area contributed by atoms with Crippen LogP contribution in [0.1, 0.15) is 44.1 Å². The molecule has 1 saturated heterocycles. The summed E-state index contributed by atoms with van der Waals surface area (Å²) in [6.07, 6.45) is 5.80. The third kappa shape index (κ3) is 5.35. The molecular weight excluding hydrogens is 331 g/mol. The quantitative estimate of drug-likeness (QED) is 0.852. The van der Waals surface area contributed by atoms with Gasteiger partial charge in [-0.2, -0.15) is 0 Å². The second kappa shape index (κ2) is 9.23. The van der Waals surface area contributed by atoms with E-state index >= 15 is 0 Å². The van der Waals surface area contributed by atoms with Crippen LogP contribution in [0.25, 0.3) is 0 Å². The van der Waals surface area contributed by atoms with Gasteiger partial charge in [-0.1, -0.05) is 18.6 Å². The van der Waals surface area contributed by atoms with Crippen molar-refractivity contribution in [2.75, 3.05) is 6.54 Å². The van der Waals surface area contributed by atoms with Crippen LogP contribution in [0.3, 0.4) is 0 Å². The Balaban J connectivity index is 0.00000208. The molecule has 0 spiro atoms. The minimum Gasteiger partial charge on any atom is -0.490 e. The average molecular weight is 357 g/mol. The van der Waals surface area contributed by atoms with Gasteiger partial charge in [0.15, 0.2) is 0 Å². The Kier molecular flexibility index (Phi) is 7.31. The normalized spacial score (nSPS) is 24.2. The van der Waals surface area contributed by atoms with Gasteiger partial charge in [0, 0.05) is 19.5 Å². The lowest BCUT2D eigenvalue weighted by molar-refractivity contribution is -0.123. The maximum absolute atomic E-state index is 13.1. The highest BCUT2D eigenvalue weighted by atomic mass is 35.5. The molecule has 2 aliphatic rings. The van der Waals surface area contributed by atoms with Crippen LogP contribution < -0.4 is 15.4 Å². The van der Waals surface area contributed by atoms with Gasteiger partial charge in [-0.3, -0.25) is 4.79 Å². The van der Waals surface area contributed by atoms with E-state index in [1.54, 1.807) is 0 Å². The third-order valence-electron chi connectivity index (χ3n) is 4.64. The van der Waals surface area contributed by atoms with Crippen molar-refractivity contribution in [3.63, 3.8) is 0 Å². The second-order valence-electron chi connectivity index (χ2n) is 6.53. The molecule has 0 unspecified atom stereocenters. The molecule has 6 heteroatoms. The average Bonchev–Trinajstić information content (AvgIpc) is 3.01. The number of amides is 1. The van der Waals surface area contributed by atoms with Crippen LogP contribution in [0.15, 0.2) is 24.3 Å². The van der Waals surface area contributed by atoms with E-state index < -0.39 is 12.2 Å². The van der Waals surface area contributed by atoms with Gasteiger partial charge in [-0.05, 0) is 43.4 Å². The van der Waals surface area contributed by atoms with E-state index in [0.717, 1.165) is 24.2 Å². The van der Waals surface area contributed by atoms with E-state index in [4.69, 9.17) is 4.74 Å². The van der Waals surface area contributed by atoms with E-state index in [2.05, 4.69) is 10.6 Å². The molecule has 0 radical (unpaired) electrons. The summed E-state index contributed by atoms with van der Waals surface area (Å²) in [6, 6.07) is 7.46. The van der Waals surface area contributed by atoms with Crippen LogP contribution in [0, 0.1) is 0 Å². The summed E-state index contributed by atoms with van der Waals surface area (Å²) < 4.78 is 19.1. The molecule has 1 aromatic rings. The van der Waals surface area contributed by atoms with E-state index in [1.807, 2.05) is 24.3 Å². The Hall–Kier alpha value is -1.33. The minimum absolute atomic E-state index is 0. The molecule has 2 N–H and O–H groups in total. The van der Waals surface area contributed by atoms with E-state index in [9.17, 15) is 9.18 Å². The van der Waals surface area contributed by atoms with Crippen molar-refractivity contribution < 1.29 is 13.9 Å². The summed E-state index contributed by atoms with van der Waals surface area (Å²) in [5.74, 6) is 0.761. The number of alkyl halides is 1. The number of rotatable bonds is 5. The van der Waals surface area contributed by atoms with Crippen molar-refractivity contribution >= 4 is 18.3 Å². The molecule has 1 aliphatic heterocycles. The van der Waals surface area contributed by atoms with Gasteiger partial charge < -0.3 is 15.4 Å². The number of ether oxygens (including phenoxy) is 1. The maximum atomic E-state index is 13.1. The first-order valence-electron chi connectivity index (χ1n) is 8.61. The fourth-order valence-corrected chi connectivity index (χ4v) is 3.27. The molecule has 1 heterocycles. The molecule has 1 aromatic carbocycles. The molecule has 24 heavy (non-hydrogen) atoms. The van der Waals surface area contributed by atoms with Crippen LogP contribution >= 0.6 is 12.4 Å². The zero-order valence-corrected chi connectivity index (χ0v) is 14.6. The van der Waals surface area contributed by atoms with Gasteiger partial charge in [0.2, 0.25) is 5.91 Å². The topological polar surface area (TPSA) is 50.4 Å². The first kappa shape index (κ1) is 19.0. The zero-order valence-electron chi connectivity index (χ0n) is 13.8. The Bertz CT molecular complexity index is 520. The molecule has 1 amide bonds. The lowest BCUT2D eigenvalue weighted by Crippen LogP contribution is -2.39. The molecule has 4 nitrogen and oxygen atoms in total. The van der Waals surface area contributed by atoms with Crippen LogP contribution in [0.2, 0.25) is 0 Å². The lowest BCUT2D eigenvalue weighted by atomic mass is 9.98. The third-order valence-corrected chi connectivity index (χ3v) is 4.64. The number of halogens is 2. The summed E-state index contributed by atoms with van der Waals surface area (Å²) in [5, 5.41) is 5.74. The summed E-state index contributed by atoms with van der Waals surface area (Å²) in [7, 11) is 0. The van der Waals surface area contributed by atoms with Crippen molar-refractivity contribution in [1.82, 2.24) is 10.6 Å². The van der Waals surface area contributed by atoms with Crippen molar-refractivity contribution in [1.29, 1.82) is 0 Å².